The minimum absolute atomic E-state index is 0.269. The van der Waals surface area contributed by atoms with Gasteiger partial charge in [-0.2, -0.15) is 0 Å². The van der Waals surface area contributed by atoms with Crippen LogP contribution >= 0.6 is 0 Å². The van der Waals surface area contributed by atoms with E-state index in [1.165, 1.54) is 11.1 Å². The Morgan fingerprint density at radius 1 is 0.571 bits per heavy atom. The van der Waals surface area contributed by atoms with E-state index in [1.807, 2.05) is 36.4 Å². The molecule has 0 heterocycles. The standard InChI is InChI=1S/C26H34O2/c1-25(2,23-17-11-9-12-18-23)27-21-15-7-5-6-8-16-22-28-26(3,4)24-19-13-10-14-20-24/h7-20H,5-6,21-22H2,1-4H3/b15-7+,16-8+. The van der Waals surface area contributed by atoms with Gasteiger partial charge in [-0.05, 0) is 51.7 Å². The fourth-order valence-electron chi connectivity index (χ4n) is 2.92. The number of rotatable bonds is 11. The van der Waals surface area contributed by atoms with Crippen LogP contribution in [-0.2, 0) is 20.7 Å². The lowest BCUT2D eigenvalue weighted by atomic mass is 9.98. The fraction of sp³-hybridized carbons (Fsp3) is 0.385. The van der Waals surface area contributed by atoms with Crippen molar-refractivity contribution in [3.8, 4) is 0 Å². The van der Waals surface area contributed by atoms with Crippen molar-refractivity contribution >= 4 is 0 Å². The van der Waals surface area contributed by atoms with Gasteiger partial charge in [0, 0.05) is 0 Å². The molecule has 0 unspecified atom stereocenters. The molecule has 2 aromatic carbocycles. The highest BCUT2D eigenvalue weighted by Crippen LogP contribution is 2.25. The number of unbranched alkanes of at least 4 members (excludes halogenated alkanes) is 1. The average Bonchev–Trinajstić information content (AvgIpc) is 2.70. The highest BCUT2D eigenvalue weighted by atomic mass is 16.5. The maximum atomic E-state index is 6.02. The van der Waals surface area contributed by atoms with Gasteiger partial charge in [0.15, 0.2) is 0 Å². The first-order valence-electron chi connectivity index (χ1n) is 10.1. The van der Waals surface area contributed by atoms with E-state index in [2.05, 4.69) is 76.3 Å². The Morgan fingerprint density at radius 2 is 0.929 bits per heavy atom. The van der Waals surface area contributed by atoms with E-state index in [4.69, 9.17) is 9.47 Å². The van der Waals surface area contributed by atoms with Crippen LogP contribution in [0.4, 0.5) is 0 Å². The van der Waals surface area contributed by atoms with Crippen LogP contribution in [-0.4, -0.2) is 13.2 Å². The molecule has 0 saturated carbocycles. The van der Waals surface area contributed by atoms with E-state index in [9.17, 15) is 0 Å². The van der Waals surface area contributed by atoms with Gasteiger partial charge in [0.1, 0.15) is 0 Å². The second-order valence-corrected chi connectivity index (χ2v) is 7.89. The molecule has 0 spiro atoms. The summed E-state index contributed by atoms with van der Waals surface area (Å²) in [6.07, 6.45) is 10.6. The third-order valence-electron chi connectivity index (χ3n) is 4.85. The first-order chi connectivity index (χ1) is 13.4. The Morgan fingerprint density at radius 3 is 1.29 bits per heavy atom. The Balaban J connectivity index is 1.61. The lowest BCUT2D eigenvalue weighted by Gasteiger charge is -2.25. The lowest BCUT2D eigenvalue weighted by Crippen LogP contribution is -2.21. The van der Waals surface area contributed by atoms with Crippen molar-refractivity contribution in [2.75, 3.05) is 13.2 Å². The molecule has 0 aliphatic rings. The van der Waals surface area contributed by atoms with Crippen LogP contribution in [0.5, 0.6) is 0 Å². The fourth-order valence-corrected chi connectivity index (χ4v) is 2.92. The molecule has 28 heavy (non-hydrogen) atoms. The average molecular weight is 379 g/mol. The van der Waals surface area contributed by atoms with Crippen LogP contribution in [0.2, 0.25) is 0 Å². The van der Waals surface area contributed by atoms with Gasteiger partial charge in [-0.25, -0.2) is 0 Å². The van der Waals surface area contributed by atoms with Crippen molar-refractivity contribution in [2.45, 2.75) is 51.7 Å². The lowest BCUT2D eigenvalue weighted by molar-refractivity contribution is -0.00512. The molecule has 0 atom stereocenters. The maximum Gasteiger partial charge on any atom is 0.0879 e. The molecule has 0 radical (unpaired) electrons. The third-order valence-corrected chi connectivity index (χ3v) is 4.85. The molecule has 0 aliphatic heterocycles. The minimum atomic E-state index is -0.269. The van der Waals surface area contributed by atoms with Crippen LogP contribution in [0.3, 0.4) is 0 Å². The van der Waals surface area contributed by atoms with Gasteiger partial charge >= 0.3 is 0 Å². The predicted molar refractivity (Wildman–Crippen MR) is 118 cm³/mol. The molecule has 0 fully saturated rings. The zero-order valence-corrected chi connectivity index (χ0v) is 17.7. The summed E-state index contributed by atoms with van der Waals surface area (Å²) in [6.45, 7) is 9.68. The van der Waals surface area contributed by atoms with Crippen LogP contribution in [0.25, 0.3) is 0 Å². The number of benzene rings is 2. The second-order valence-electron chi connectivity index (χ2n) is 7.89. The van der Waals surface area contributed by atoms with E-state index >= 15 is 0 Å². The quantitative estimate of drug-likeness (QED) is 0.317. The Bertz CT molecular complexity index is 662. The maximum absolute atomic E-state index is 6.02. The highest BCUT2D eigenvalue weighted by Gasteiger charge is 2.20. The topological polar surface area (TPSA) is 18.5 Å². The zero-order valence-electron chi connectivity index (χ0n) is 17.7. The Hall–Kier alpha value is -2.16. The van der Waals surface area contributed by atoms with Gasteiger partial charge in [-0.15, -0.1) is 0 Å². The molecule has 2 heteroatoms. The summed E-state index contributed by atoms with van der Waals surface area (Å²) in [5, 5.41) is 0. The number of hydrogen-bond donors (Lipinski definition) is 0. The largest absolute Gasteiger partial charge is 0.367 e. The number of hydrogen-bond acceptors (Lipinski definition) is 2. The first kappa shape index (κ1) is 22.1. The number of ether oxygens (including phenoxy) is 2. The minimum Gasteiger partial charge on any atom is -0.367 e. The van der Waals surface area contributed by atoms with E-state index in [1.54, 1.807) is 0 Å². The summed E-state index contributed by atoms with van der Waals surface area (Å²) >= 11 is 0. The first-order valence-corrected chi connectivity index (χ1v) is 10.1. The van der Waals surface area contributed by atoms with Crippen molar-refractivity contribution in [1.82, 2.24) is 0 Å². The molecule has 0 aromatic heterocycles. The van der Waals surface area contributed by atoms with Crippen molar-refractivity contribution in [3.63, 3.8) is 0 Å². The molecule has 0 N–H and O–H groups in total. The molecule has 0 saturated heterocycles. The smallest absolute Gasteiger partial charge is 0.0879 e. The third kappa shape index (κ3) is 7.46. The van der Waals surface area contributed by atoms with Gasteiger partial charge in [-0.1, -0.05) is 85.0 Å². The van der Waals surface area contributed by atoms with Gasteiger partial charge in [-0.3, -0.25) is 0 Å². The Labute approximate surface area is 170 Å². The van der Waals surface area contributed by atoms with Crippen molar-refractivity contribution in [3.05, 3.63) is 96.1 Å². The molecule has 0 amide bonds. The highest BCUT2D eigenvalue weighted by molar-refractivity contribution is 5.21. The molecular weight excluding hydrogens is 344 g/mol. The number of allylic oxidation sites excluding steroid dienone is 2. The summed E-state index contributed by atoms with van der Waals surface area (Å²) in [6, 6.07) is 20.7. The zero-order chi connectivity index (χ0) is 20.3. The van der Waals surface area contributed by atoms with Crippen LogP contribution in [0, 0.1) is 0 Å². The molecule has 0 bridgehead atoms. The molecule has 2 rings (SSSR count). The van der Waals surface area contributed by atoms with Crippen LogP contribution in [0.1, 0.15) is 51.7 Å². The Kier molecular flexibility index (Phi) is 8.69. The summed E-state index contributed by atoms with van der Waals surface area (Å²) in [7, 11) is 0. The van der Waals surface area contributed by atoms with Crippen LogP contribution in [0.15, 0.2) is 85.0 Å². The molecule has 150 valence electrons. The van der Waals surface area contributed by atoms with Crippen molar-refractivity contribution in [1.29, 1.82) is 0 Å². The molecule has 2 aromatic rings. The van der Waals surface area contributed by atoms with E-state index in [0.717, 1.165) is 12.8 Å². The van der Waals surface area contributed by atoms with E-state index < -0.39 is 0 Å². The second kappa shape index (κ2) is 11.0. The van der Waals surface area contributed by atoms with Crippen molar-refractivity contribution < 1.29 is 9.47 Å². The van der Waals surface area contributed by atoms with E-state index in [0.29, 0.717) is 13.2 Å². The van der Waals surface area contributed by atoms with Gasteiger partial charge in [0.25, 0.3) is 0 Å². The van der Waals surface area contributed by atoms with Gasteiger partial charge in [0.05, 0.1) is 24.4 Å². The predicted octanol–water partition coefficient (Wildman–Crippen LogP) is 6.78. The van der Waals surface area contributed by atoms with Gasteiger partial charge in [0.2, 0.25) is 0 Å². The molecular formula is C26H34O2. The van der Waals surface area contributed by atoms with Crippen LogP contribution < -0.4 is 0 Å². The van der Waals surface area contributed by atoms with Gasteiger partial charge < -0.3 is 9.47 Å². The van der Waals surface area contributed by atoms with E-state index in [-0.39, 0.29) is 11.2 Å². The summed E-state index contributed by atoms with van der Waals surface area (Å²) in [5.41, 5.74) is 1.86. The van der Waals surface area contributed by atoms with Crippen molar-refractivity contribution in [2.24, 2.45) is 0 Å². The summed E-state index contributed by atoms with van der Waals surface area (Å²) < 4.78 is 12.0. The monoisotopic (exact) mass is 378 g/mol. The molecule has 2 nitrogen and oxygen atoms in total. The molecule has 0 aliphatic carbocycles. The normalized spacial score (nSPS) is 12.9. The summed E-state index contributed by atoms with van der Waals surface area (Å²) in [5.74, 6) is 0. The SMILES string of the molecule is CC(C)(OC/C=C/CC/C=C/COC(C)(C)c1ccccc1)c1ccccc1. The summed E-state index contributed by atoms with van der Waals surface area (Å²) in [4.78, 5) is 0.